The van der Waals surface area contributed by atoms with Crippen molar-refractivity contribution in [3.63, 3.8) is 0 Å². The van der Waals surface area contributed by atoms with E-state index in [1.807, 2.05) is 0 Å². The van der Waals surface area contributed by atoms with Gasteiger partial charge in [0, 0.05) is 4.47 Å². The highest BCUT2D eigenvalue weighted by Gasteiger charge is 2.21. The lowest BCUT2D eigenvalue weighted by molar-refractivity contribution is 0.282. The number of sulfonamides is 1. The van der Waals surface area contributed by atoms with Gasteiger partial charge in [-0.2, -0.15) is 0 Å². The number of benzene rings is 1. The zero-order valence-electron chi connectivity index (χ0n) is 9.43. The zero-order chi connectivity index (χ0) is 14.0. The number of nitrogens with one attached hydrogen (secondary N) is 1. The van der Waals surface area contributed by atoms with Crippen LogP contribution in [0.1, 0.15) is 4.88 Å². The summed E-state index contributed by atoms with van der Waals surface area (Å²) in [5.74, 6) is -0.682. The number of halogens is 2. The predicted molar refractivity (Wildman–Crippen MR) is 75.2 cm³/mol. The highest BCUT2D eigenvalue weighted by atomic mass is 79.9. The molecule has 0 amide bonds. The monoisotopic (exact) mass is 365 g/mol. The Morgan fingerprint density at radius 3 is 2.74 bits per heavy atom. The second-order valence-electron chi connectivity index (χ2n) is 3.57. The molecule has 1 aromatic carbocycles. The van der Waals surface area contributed by atoms with Crippen LogP contribution in [0.3, 0.4) is 0 Å². The standard InChI is InChI=1S/C11H9BrFNO3S2/c12-7-2-1-3-8(13)11(7)14-19(16,17)10-4-5-18-9(10)6-15/h1-5,14-15H,6H2. The van der Waals surface area contributed by atoms with Crippen molar-refractivity contribution in [2.75, 3.05) is 4.72 Å². The fourth-order valence-electron chi connectivity index (χ4n) is 1.47. The van der Waals surface area contributed by atoms with Crippen LogP contribution in [0.4, 0.5) is 10.1 Å². The normalized spacial score (nSPS) is 11.5. The predicted octanol–water partition coefficient (Wildman–Crippen LogP) is 2.94. The molecule has 4 nitrogen and oxygen atoms in total. The smallest absolute Gasteiger partial charge is 0.263 e. The van der Waals surface area contributed by atoms with E-state index in [0.29, 0.717) is 9.35 Å². The largest absolute Gasteiger partial charge is 0.391 e. The number of para-hydroxylation sites is 1. The maximum Gasteiger partial charge on any atom is 0.263 e. The summed E-state index contributed by atoms with van der Waals surface area (Å²) in [6, 6.07) is 5.51. The molecule has 0 aliphatic carbocycles. The number of thiophene rings is 1. The van der Waals surface area contributed by atoms with Crippen molar-refractivity contribution in [2.24, 2.45) is 0 Å². The van der Waals surface area contributed by atoms with Gasteiger partial charge in [0.2, 0.25) is 0 Å². The van der Waals surface area contributed by atoms with E-state index in [9.17, 15) is 12.8 Å². The lowest BCUT2D eigenvalue weighted by Gasteiger charge is -2.10. The molecule has 1 aromatic heterocycles. The first-order chi connectivity index (χ1) is 8.95. The maximum absolute atomic E-state index is 13.6. The minimum absolute atomic E-state index is 0.0462. The van der Waals surface area contributed by atoms with E-state index in [1.54, 1.807) is 5.38 Å². The van der Waals surface area contributed by atoms with Crippen molar-refractivity contribution in [1.29, 1.82) is 0 Å². The van der Waals surface area contributed by atoms with Crippen molar-refractivity contribution in [1.82, 2.24) is 0 Å². The Bertz CT molecular complexity index is 679. The number of hydrogen-bond donors (Lipinski definition) is 2. The van der Waals surface area contributed by atoms with Gasteiger partial charge in [-0.15, -0.1) is 11.3 Å². The molecule has 0 unspecified atom stereocenters. The molecule has 0 aliphatic heterocycles. The molecule has 0 bridgehead atoms. The van der Waals surface area contributed by atoms with Crippen LogP contribution in [0, 0.1) is 5.82 Å². The molecule has 0 spiro atoms. The lowest BCUT2D eigenvalue weighted by Crippen LogP contribution is -2.15. The van der Waals surface area contributed by atoms with Gasteiger partial charge in [0.25, 0.3) is 10.0 Å². The Hall–Kier alpha value is -0.960. The molecule has 2 aromatic rings. The first-order valence-corrected chi connectivity index (χ1v) is 8.25. The summed E-state index contributed by atoms with van der Waals surface area (Å²) in [6.07, 6.45) is 0. The molecule has 2 rings (SSSR count). The number of hydrogen-bond acceptors (Lipinski definition) is 4. The van der Waals surface area contributed by atoms with Crippen LogP contribution in [0.5, 0.6) is 0 Å². The molecule has 0 aliphatic rings. The van der Waals surface area contributed by atoms with Crippen LogP contribution in [-0.2, 0) is 16.6 Å². The van der Waals surface area contributed by atoms with E-state index in [-0.39, 0.29) is 17.2 Å². The Morgan fingerprint density at radius 1 is 1.37 bits per heavy atom. The van der Waals surface area contributed by atoms with Gasteiger partial charge < -0.3 is 5.11 Å². The zero-order valence-corrected chi connectivity index (χ0v) is 12.6. The minimum atomic E-state index is -3.93. The van der Waals surface area contributed by atoms with Crippen LogP contribution in [0.25, 0.3) is 0 Å². The lowest BCUT2D eigenvalue weighted by atomic mass is 10.3. The van der Waals surface area contributed by atoms with Crippen molar-refractivity contribution in [3.8, 4) is 0 Å². The highest BCUT2D eigenvalue weighted by molar-refractivity contribution is 9.10. The number of aliphatic hydroxyl groups is 1. The van der Waals surface area contributed by atoms with E-state index in [2.05, 4.69) is 20.7 Å². The summed E-state index contributed by atoms with van der Waals surface area (Å²) >= 11 is 4.21. The van der Waals surface area contributed by atoms with Crippen LogP contribution < -0.4 is 4.72 Å². The Labute approximate surface area is 122 Å². The molecule has 2 N–H and O–H groups in total. The summed E-state index contributed by atoms with van der Waals surface area (Å²) in [4.78, 5) is 0.259. The third kappa shape index (κ3) is 2.97. The van der Waals surface area contributed by atoms with Gasteiger partial charge in [-0.25, -0.2) is 12.8 Å². The maximum atomic E-state index is 13.6. The van der Waals surface area contributed by atoms with Gasteiger partial charge in [-0.1, -0.05) is 6.07 Å². The van der Waals surface area contributed by atoms with Crippen molar-refractivity contribution >= 4 is 43.0 Å². The van der Waals surface area contributed by atoms with E-state index in [4.69, 9.17) is 5.11 Å². The van der Waals surface area contributed by atoms with E-state index in [1.165, 1.54) is 18.2 Å². The van der Waals surface area contributed by atoms with Crippen molar-refractivity contribution < 1.29 is 17.9 Å². The summed E-state index contributed by atoms with van der Waals surface area (Å²) in [5.41, 5.74) is -0.155. The second kappa shape index (κ2) is 5.58. The summed E-state index contributed by atoms with van der Waals surface area (Å²) in [7, 11) is -3.93. The Balaban J connectivity index is 2.43. The molecule has 0 fully saturated rings. The molecule has 0 saturated heterocycles. The average Bonchev–Trinajstić information content (AvgIpc) is 2.83. The summed E-state index contributed by atoms with van der Waals surface area (Å²) < 4.78 is 40.4. The highest BCUT2D eigenvalue weighted by Crippen LogP contribution is 2.29. The van der Waals surface area contributed by atoms with Gasteiger partial charge in [-0.3, -0.25) is 4.72 Å². The third-order valence-corrected chi connectivity index (χ3v) is 5.47. The Kier molecular flexibility index (Phi) is 4.24. The molecule has 102 valence electrons. The van der Waals surface area contributed by atoms with Gasteiger partial charge in [0.05, 0.1) is 17.2 Å². The number of rotatable bonds is 4. The van der Waals surface area contributed by atoms with Gasteiger partial charge in [0.15, 0.2) is 0 Å². The molecule has 1 heterocycles. The molecular formula is C11H9BrFNO3S2. The molecule has 0 atom stereocenters. The van der Waals surface area contributed by atoms with E-state index in [0.717, 1.165) is 17.4 Å². The third-order valence-electron chi connectivity index (χ3n) is 2.34. The quantitative estimate of drug-likeness (QED) is 0.875. The summed E-state index contributed by atoms with van der Waals surface area (Å²) in [6.45, 7) is -0.383. The van der Waals surface area contributed by atoms with Crippen LogP contribution in [0.2, 0.25) is 0 Å². The minimum Gasteiger partial charge on any atom is -0.391 e. The SMILES string of the molecule is O=S(=O)(Nc1c(F)cccc1Br)c1ccsc1CO. The van der Waals surface area contributed by atoms with Crippen LogP contribution in [-0.4, -0.2) is 13.5 Å². The number of aliphatic hydroxyl groups excluding tert-OH is 1. The van der Waals surface area contributed by atoms with Crippen LogP contribution >= 0.6 is 27.3 Å². The van der Waals surface area contributed by atoms with Crippen molar-refractivity contribution in [3.05, 3.63) is 44.8 Å². The Morgan fingerprint density at radius 2 is 2.11 bits per heavy atom. The van der Waals surface area contributed by atoms with E-state index >= 15 is 0 Å². The van der Waals surface area contributed by atoms with Gasteiger partial charge >= 0.3 is 0 Å². The topological polar surface area (TPSA) is 66.4 Å². The molecule has 0 saturated carbocycles. The second-order valence-corrected chi connectivity index (χ2v) is 7.07. The first-order valence-electron chi connectivity index (χ1n) is 5.10. The number of anilines is 1. The van der Waals surface area contributed by atoms with Crippen molar-refractivity contribution in [2.45, 2.75) is 11.5 Å². The van der Waals surface area contributed by atoms with Gasteiger partial charge in [-0.05, 0) is 39.5 Å². The fourth-order valence-corrected chi connectivity index (χ4v) is 4.42. The van der Waals surface area contributed by atoms with Gasteiger partial charge in [0.1, 0.15) is 10.7 Å². The molecular weight excluding hydrogens is 357 g/mol. The average molecular weight is 366 g/mol. The first kappa shape index (κ1) is 14.4. The van der Waals surface area contributed by atoms with E-state index < -0.39 is 15.8 Å². The summed E-state index contributed by atoms with van der Waals surface area (Å²) in [5, 5.41) is 10.6. The molecule has 19 heavy (non-hydrogen) atoms. The fraction of sp³-hybridized carbons (Fsp3) is 0.0909. The molecule has 8 heteroatoms. The molecule has 0 radical (unpaired) electrons. The van der Waals surface area contributed by atoms with Crippen LogP contribution in [0.15, 0.2) is 39.0 Å².